The summed E-state index contributed by atoms with van der Waals surface area (Å²) in [4.78, 5) is 12.9. The van der Waals surface area contributed by atoms with Crippen LogP contribution in [-0.4, -0.2) is 57.5 Å². The van der Waals surface area contributed by atoms with Gasteiger partial charge in [-0.25, -0.2) is 16.8 Å². The fourth-order valence-electron chi connectivity index (χ4n) is 4.02. The van der Waals surface area contributed by atoms with Crippen molar-refractivity contribution in [3.8, 4) is 0 Å². The number of amides is 1. The Kier molecular flexibility index (Phi) is 6.66. The zero-order valence-electron chi connectivity index (χ0n) is 17.7. The van der Waals surface area contributed by atoms with Gasteiger partial charge in [-0.3, -0.25) is 4.79 Å². The predicted molar refractivity (Wildman–Crippen MR) is 121 cm³/mol. The first-order valence-corrected chi connectivity index (χ1v) is 13.7. The summed E-state index contributed by atoms with van der Waals surface area (Å²) in [7, 11) is -7.05. The van der Waals surface area contributed by atoms with Crippen LogP contribution in [0.5, 0.6) is 0 Å². The molecule has 1 N–H and O–H groups in total. The summed E-state index contributed by atoms with van der Waals surface area (Å²) in [6, 6.07) is 11.9. The third-order valence-electron chi connectivity index (χ3n) is 5.88. The maximum absolute atomic E-state index is 12.7. The molecule has 2 heterocycles. The van der Waals surface area contributed by atoms with Gasteiger partial charge < -0.3 is 5.32 Å². The highest BCUT2D eigenvalue weighted by Gasteiger charge is 2.27. The molecule has 2 aromatic carbocycles. The van der Waals surface area contributed by atoms with Crippen molar-refractivity contribution in [3.05, 3.63) is 54.1 Å². The standard InChI is InChI=1S/C22H27N3O5S2/c26-22(18-6-10-20(11-7-18)31(27,28)24-14-2-1-3-15-24)23-19-8-12-21(13-9-19)32(29,30)25-16-4-5-17-25/h6-13H,1-5,14-17H2,(H,23,26). The number of hydrogen-bond donors (Lipinski definition) is 1. The quantitative estimate of drug-likeness (QED) is 0.689. The van der Waals surface area contributed by atoms with Crippen molar-refractivity contribution in [2.45, 2.75) is 41.9 Å². The number of hydrogen-bond acceptors (Lipinski definition) is 5. The van der Waals surface area contributed by atoms with E-state index in [-0.39, 0.29) is 9.79 Å². The number of rotatable bonds is 6. The summed E-state index contributed by atoms with van der Waals surface area (Å²) < 4.78 is 53.6. The van der Waals surface area contributed by atoms with Crippen molar-refractivity contribution in [2.24, 2.45) is 0 Å². The van der Waals surface area contributed by atoms with Crippen LogP contribution in [0.2, 0.25) is 0 Å². The van der Waals surface area contributed by atoms with Gasteiger partial charge in [-0.1, -0.05) is 6.42 Å². The molecule has 0 spiro atoms. The number of benzene rings is 2. The van der Waals surface area contributed by atoms with Gasteiger partial charge in [-0.15, -0.1) is 0 Å². The van der Waals surface area contributed by atoms with Gasteiger partial charge in [-0.05, 0) is 74.2 Å². The number of nitrogens with zero attached hydrogens (tertiary/aromatic N) is 2. The van der Waals surface area contributed by atoms with E-state index in [0.29, 0.717) is 37.4 Å². The third kappa shape index (κ3) is 4.73. The van der Waals surface area contributed by atoms with Crippen LogP contribution in [0.25, 0.3) is 0 Å². The molecule has 10 heteroatoms. The Labute approximate surface area is 189 Å². The summed E-state index contributed by atoms with van der Waals surface area (Å²) in [5, 5.41) is 2.72. The Morgan fingerprint density at radius 2 is 1.03 bits per heavy atom. The Hall–Kier alpha value is -2.27. The van der Waals surface area contributed by atoms with Crippen LogP contribution >= 0.6 is 0 Å². The van der Waals surface area contributed by atoms with E-state index in [1.807, 2.05) is 0 Å². The van der Waals surface area contributed by atoms with Crippen molar-refractivity contribution in [1.82, 2.24) is 8.61 Å². The molecule has 4 rings (SSSR count). The second-order valence-corrected chi connectivity index (χ2v) is 12.0. The van der Waals surface area contributed by atoms with E-state index in [2.05, 4.69) is 5.32 Å². The minimum atomic E-state index is -3.55. The van der Waals surface area contributed by atoms with Crippen LogP contribution in [-0.2, 0) is 20.0 Å². The Morgan fingerprint density at radius 3 is 1.50 bits per heavy atom. The second kappa shape index (κ2) is 9.30. The highest BCUT2D eigenvalue weighted by atomic mass is 32.2. The molecular formula is C22H27N3O5S2. The van der Waals surface area contributed by atoms with E-state index in [1.54, 1.807) is 12.1 Å². The fourth-order valence-corrected chi connectivity index (χ4v) is 7.06. The van der Waals surface area contributed by atoms with E-state index in [9.17, 15) is 21.6 Å². The number of anilines is 1. The van der Waals surface area contributed by atoms with E-state index in [0.717, 1.165) is 32.1 Å². The van der Waals surface area contributed by atoms with Crippen LogP contribution in [0, 0.1) is 0 Å². The number of nitrogens with one attached hydrogen (secondary N) is 1. The first-order valence-electron chi connectivity index (χ1n) is 10.8. The molecule has 8 nitrogen and oxygen atoms in total. The SMILES string of the molecule is O=C(Nc1ccc(S(=O)(=O)N2CCCC2)cc1)c1ccc(S(=O)(=O)N2CCCCC2)cc1. The topological polar surface area (TPSA) is 104 Å². The summed E-state index contributed by atoms with van der Waals surface area (Å²) in [5.74, 6) is -0.401. The minimum Gasteiger partial charge on any atom is -0.322 e. The van der Waals surface area contributed by atoms with Gasteiger partial charge >= 0.3 is 0 Å². The molecule has 0 radical (unpaired) electrons. The molecule has 2 aliphatic rings. The maximum atomic E-state index is 12.7. The van der Waals surface area contributed by atoms with Crippen molar-refractivity contribution in [3.63, 3.8) is 0 Å². The van der Waals surface area contributed by atoms with Crippen LogP contribution in [0.1, 0.15) is 42.5 Å². The zero-order valence-corrected chi connectivity index (χ0v) is 19.4. The average Bonchev–Trinajstić information content (AvgIpc) is 3.36. The van der Waals surface area contributed by atoms with Crippen LogP contribution < -0.4 is 5.32 Å². The van der Waals surface area contributed by atoms with Gasteiger partial charge in [0.1, 0.15) is 0 Å². The first kappa shape index (κ1) is 22.9. The third-order valence-corrected chi connectivity index (χ3v) is 9.71. The molecule has 0 saturated carbocycles. The van der Waals surface area contributed by atoms with Crippen molar-refractivity contribution < 1.29 is 21.6 Å². The summed E-state index contributed by atoms with van der Waals surface area (Å²) in [6.45, 7) is 2.11. The molecule has 2 aliphatic heterocycles. The molecule has 0 aromatic heterocycles. The lowest BCUT2D eigenvalue weighted by molar-refractivity contribution is 0.102. The smallest absolute Gasteiger partial charge is 0.255 e. The molecule has 32 heavy (non-hydrogen) atoms. The van der Waals surface area contributed by atoms with Gasteiger partial charge in [0.2, 0.25) is 20.0 Å². The van der Waals surface area contributed by atoms with E-state index < -0.39 is 26.0 Å². The van der Waals surface area contributed by atoms with Gasteiger partial charge in [0.15, 0.2) is 0 Å². The van der Waals surface area contributed by atoms with Crippen LogP contribution in [0.4, 0.5) is 5.69 Å². The van der Waals surface area contributed by atoms with Gasteiger partial charge in [0, 0.05) is 37.4 Å². The Bertz CT molecular complexity index is 1170. The largest absolute Gasteiger partial charge is 0.322 e. The Morgan fingerprint density at radius 1 is 0.625 bits per heavy atom. The van der Waals surface area contributed by atoms with Gasteiger partial charge in [0.05, 0.1) is 9.79 Å². The molecule has 2 saturated heterocycles. The highest BCUT2D eigenvalue weighted by Crippen LogP contribution is 2.23. The molecule has 172 valence electrons. The van der Waals surface area contributed by atoms with Crippen LogP contribution in [0.3, 0.4) is 0 Å². The van der Waals surface area contributed by atoms with Crippen LogP contribution in [0.15, 0.2) is 58.3 Å². The number of sulfonamides is 2. The highest BCUT2D eigenvalue weighted by molar-refractivity contribution is 7.89. The number of piperidine rings is 1. The van der Waals surface area contributed by atoms with E-state index in [4.69, 9.17) is 0 Å². The average molecular weight is 478 g/mol. The van der Waals surface area contributed by atoms with Gasteiger partial charge in [-0.2, -0.15) is 8.61 Å². The van der Waals surface area contributed by atoms with Crippen molar-refractivity contribution in [1.29, 1.82) is 0 Å². The zero-order chi connectivity index (χ0) is 22.8. The number of carbonyl (C=O) groups is 1. The van der Waals surface area contributed by atoms with Gasteiger partial charge in [0.25, 0.3) is 5.91 Å². The summed E-state index contributed by atoms with van der Waals surface area (Å²) >= 11 is 0. The molecule has 0 aliphatic carbocycles. The lowest BCUT2D eigenvalue weighted by atomic mass is 10.2. The maximum Gasteiger partial charge on any atom is 0.255 e. The molecule has 2 aromatic rings. The molecular weight excluding hydrogens is 450 g/mol. The Balaban J connectivity index is 1.43. The molecule has 0 atom stereocenters. The van der Waals surface area contributed by atoms with Crippen molar-refractivity contribution >= 4 is 31.6 Å². The minimum absolute atomic E-state index is 0.174. The normalized spacial score (nSPS) is 18.5. The number of carbonyl (C=O) groups excluding carboxylic acids is 1. The van der Waals surface area contributed by atoms with E-state index in [1.165, 1.54) is 45.0 Å². The molecule has 0 unspecified atom stereocenters. The molecule has 1 amide bonds. The van der Waals surface area contributed by atoms with Crippen molar-refractivity contribution in [2.75, 3.05) is 31.5 Å². The molecule has 0 bridgehead atoms. The monoisotopic (exact) mass is 477 g/mol. The van der Waals surface area contributed by atoms with E-state index >= 15 is 0 Å². The fraction of sp³-hybridized carbons (Fsp3) is 0.409. The lowest BCUT2D eigenvalue weighted by Gasteiger charge is -2.25. The summed E-state index contributed by atoms with van der Waals surface area (Å²) in [5.41, 5.74) is 0.775. The molecule has 2 fully saturated rings. The lowest BCUT2D eigenvalue weighted by Crippen LogP contribution is -2.35. The summed E-state index contributed by atoms with van der Waals surface area (Å²) in [6.07, 6.45) is 4.49. The second-order valence-electron chi connectivity index (χ2n) is 8.08. The predicted octanol–water partition coefficient (Wildman–Crippen LogP) is 2.90. The first-order chi connectivity index (χ1) is 15.3.